The molecule has 0 atom stereocenters. The average Bonchev–Trinajstić information content (AvgIpc) is 2.48. The zero-order valence-corrected chi connectivity index (χ0v) is 12.3. The van der Waals surface area contributed by atoms with Crippen LogP contribution in [0.4, 0.5) is 22.0 Å². The Bertz CT molecular complexity index is 536. The van der Waals surface area contributed by atoms with Crippen LogP contribution in [0.2, 0.25) is 6.55 Å². The molecule has 10 heteroatoms. The summed E-state index contributed by atoms with van der Waals surface area (Å²) in [5.41, 5.74) is -1.55. The Morgan fingerprint density at radius 1 is 0.952 bits per heavy atom. The summed E-state index contributed by atoms with van der Waals surface area (Å²) >= 11 is 0. The molecule has 1 amide bonds. The summed E-state index contributed by atoms with van der Waals surface area (Å²) in [4.78, 5) is 11.6. The molecule has 0 fully saturated rings. The van der Waals surface area contributed by atoms with Gasteiger partial charge in [-0.05, 0) is 6.55 Å². The summed E-state index contributed by atoms with van der Waals surface area (Å²) in [6, 6.07) is 0. The van der Waals surface area contributed by atoms with E-state index in [2.05, 4.69) is 0 Å². The molecule has 0 saturated heterocycles. The number of hydrogen-bond donors (Lipinski definition) is 1. The fraction of sp³-hybridized carbons (Fsp3) is 0.364. The quantitative estimate of drug-likeness (QED) is 0.389. The highest BCUT2D eigenvalue weighted by atomic mass is 28.4. The van der Waals surface area contributed by atoms with Crippen molar-refractivity contribution in [3.8, 4) is 0 Å². The second kappa shape index (κ2) is 6.50. The Kier molecular flexibility index (Phi) is 5.42. The van der Waals surface area contributed by atoms with E-state index in [1.54, 1.807) is 0 Å². The highest BCUT2D eigenvalue weighted by Gasteiger charge is 2.33. The fourth-order valence-electron chi connectivity index (χ4n) is 1.36. The van der Waals surface area contributed by atoms with Gasteiger partial charge in [0, 0.05) is 14.2 Å². The van der Waals surface area contributed by atoms with Crippen LogP contribution in [0, 0.1) is 29.1 Å². The lowest BCUT2D eigenvalue weighted by Gasteiger charge is -2.23. The third-order valence-corrected chi connectivity index (χ3v) is 5.42. The number of amides is 1. The van der Waals surface area contributed by atoms with Crippen molar-refractivity contribution in [1.29, 1.82) is 0 Å². The molecular weight excluding hydrogens is 317 g/mol. The lowest BCUT2D eigenvalue weighted by atomic mass is 10.1. The molecule has 21 heavy (non-hydrogen) atoms. The minimum Gasteiger partial charge on any atom is -0.397 e. The smallest absolute Gasteiger partial charge is 0.354 e. The molecule has 0 aromatic heterocycles. The summed E-state index contributed by atoms with van der Waals surface area (Å²) in [6.45, 7) is 1.53. The van der Waals surface area contributed by atoms with Crippen LogP contribution >= 0.6 is 0 Å². The van der Waals surface area contributed by atoms with Crippen molar-refractivity contribution in [3.63, 3.8) is 0 Å². The molecule has 4 nitrogen and oxygen atoms in total. The van der Waals surface area contributed by atoms with E-state index >= 15 is 0 Å². The summed E-state index contributed by atoms with van der Waals surface area (Å²) in [7, 11) is -0.193. The molecule has 118 valence electrons. The molecular formula is C11H12F5NO3Si. The molecule has 0 heterocycles. The molecule has 1 aromatic rings. The third-order valence-electron chi connectivity index (χ3n) is 2.87. The molecule has 0 unspecified atom stereocenters. The van der Waals surface area contributed by atoms with Crippen LogP contribution in [-0.4, -0.2) is 34.9 Å². The molecule has 0 spiro atoms. The van der Waals surface area contributed by atoms with Crippen LogP contribution in [0.5, 0.6) is 0 Å². The molecule has 1 rings (SSSR count). The first-order valence-corrected chi connectivity index (χ1v) is 8.10. The van der Waals surface area contributed by atoms with Crippen LogP contribution in [-0.2, 0) is 8.85 Å². The van der Waals surface area contributed by atoms with Crippen LogP contribution in [0.25, 0.3) is 0 Å². The average molecular weight is 329 g/mol. The first-order valence-electron chi connectivity index (χ1n) is 5.58. The number of rotatable bonds is 5. The van der Waals surface area contributed by atoms with E-state index in [4.69, 9.17) is 8.85 Å². The summed E-state index contributed by atoms with van der Waals surface area (Å²) in [5, 5.41) is 2.03. The van der Waals surface area contributed by atoms with E-state index in [0.29, 0.717) is 0 Å². The van der Waals surface area contributed by atoms with Crippen molar-refractivity contribution in [3.05, 3.63) is 34.6 Å². The van der Waals surface area contributed by atoms with Gasteiger partial charge in [-0.3, -0.25) is 4.79 Å². The Morgan fingerprint density at radius 3 is 1.71 bits per heavy atom. The second-order valence-electron chi connectivity index (χ2n) is 4.17. The van der Waals surface area contributed by atoms with E-state index in [1.807, 2.05) is 5.32 Å². The number of halogens is 5. The number of benzene rings is 1. The Labute approximate surface area is 118 Å². The first kappa shape index (κ1) is 17.5. The van der Waals surface area contributed by atoms with Gasteiger partial charge in [0.05, 0.1) is 6.17 Å². The Morgan fingerprint density at radius 2 is 1.33 bits per heavy atom. The van der Waals surface area contributed by atoms with Crippen LogP contribution < -0.4 is 5.32 Å². The molecule has 0 radical (unpaired) electrons. The van der Waals surface area contributed by atoms with Crippen LogP contribution in [0.1, 0.15) is 10.4 Å². The summed E-state index contributed by atoms with van der Waals surface area (Å²) in [6.07, 6.45) is -0.238. The molecule has 0 saturated carbocycles. The van der Waals surface area contributed by atoms with Gasteiger partial charge < -0.3 is 14.2 Å². The van der Waals surface area contributed by atoms with Crippen molar-refractivity contribution in [2.45, 2.75) is 6.55 Å². The van der Waals surface area contributed by atoms with Crippen molar-refractivity contribution < 1.29 is 35.6 Å². The minimum atomic E-state index is -2.80. The molecule has 0 aliphatic rings. The zero-order valence-electron chi connectivity index (χ0n) is 11.3. The van der Waals surface area contributed by atoms with Crippen LogP contribution in [0.3, 0.4) is 0 Å². The molecule has 0 bridgehead atoms. The van der Waals surface area contributed by atoms with E-state index < -0.39 is 49.1 Å². The van der Waals surface area contributed by atoms with Crippen LogP contribution in [0.15, 0.2) is 0 Å². The summed E-state index contributed by atoms with van der Waals surface area (Å²) in [5.74, 6) is -12.5. The Hall–Kier alpha value is -1.52. The number of hydrogen-bond acceptors (Lipinski definition) is 3. The molecule has 0 aliphatic carbocycles. The van der Waals surface area contributed by atoms with Gasteiger partial charge in [0.2, 0.25) is 5.82 Å². The van der Waals surface area contributed by atoms with Gasteiger partial charge in [-0.25, -0.2) is 22.0 Å². The van der Waals surface area contributed by atoms with Gasteiger partial charge in [-0.2, -0.15) is 0 Å². The lowest BCUT2D eigenvalue weighted by molar-refractivity contribution is 0.0941. The second-order valence-corrected chi connectivity index (χ2v) is 7.61. The zero-order chi connectivity index (χ0) is 16.4. The highest BCUT2D eigenvalue weighted by Crippen LogP contribution is 2.22. The molecule has 1 N–H and O–H groups in total. The Balaban J connectivity index is 3.10. The molecule has 1 aromatic carbocycles. The molecule has 0 aliphatic heterocycles. The number of carbonyl (C=O) groups excluding carboxylic acids is 1. The standard InChI is InChI=1S/C11H12F5NO3Si/c1-19-21(3,20-2)4-17-11(18)5-6(12)8(14)10(16)9(15)7(5)13/h4H2,1-3H3,(H,17,18). The van der Waals surface area contributed by atoms with Crippen molar-refractivity contribution in [2.24, 2.45) is 0 Å². The minimum absolute atomic E-state index is 0.238. The lowest BCUT2D eigenvalue weighted by Crippen LogP contribution is -2.49. The van der Waals surface area contributed by atoms with Gasteiger partial charge >= 0.3 is 8.56 Å². The monoisotopic (exact) mass is 329 g/mol. The topological polar surface area (TPSA) is 47.6 Å². The maximum absolute atomic E-state index is 13.4. The van der Waals surface area contributed by atoms with Gasteiger partial charge in [-0.15, -0.1) is 0 Å². The van der Waals surface area contributed by atoms with Gasteiger partial charge in [0.25, 0.3) is 5.91 Å². The van der Waals surface area contributed by atoms with Crippen molar-refractivity contribution in [1.82, 2.24) is 5.32 Å². The SMILES string of the molecule is CO[Si](C)(CNC(=O)c1c(F)c(F)c(F)c(F)c1F)OC. The normalized spacial score (nSPS) is 11.6. The van der Waals surface area contributed by atoms with E-state index in [1.165, 1.54) is 20.8 Å². The van der Waals surface area contributed by atoms with Crippen molar-refractivity contribution >= 4 is 14.5 Å². The third kappa shape index (κ3) is 3.39. The maximum Gasteiger partial charge on any atom is 0.354 e. The maximum atomic E-state index is 13.4. The van der Waals surface area contributed by atoms with Gasteiger partial charge in [-0.1, -0.05) is 0 Å². The van der Waals surface area contributed by atoms with E-state index in [-0.39, 0.29) is 6.17 Å². The van der Waals surface area contributed by atoms with Gasteiger partial charge in [0.1, 0.15) is 5.56 Å². The number of carbonyl (C=O) groups is 1. The van der Waals surface area contributed by atoms with Crippen molar-refractivity contribution in [2.75, 3.05) is 20.4 Å². The first-order chi connectivity index (χ1) is 9.68. The largest absolute Gasteiger partial charge is 0.397 e. The highest BCUT2D eigenvalue weighted by molar-refractivity contribution is 6.66. The van der Waals surface area contributed by atoms with E-state index in [0.717, 1.165) is 0 Å². The van der Waals surface area contributed by atoms with Gasteiger partial charge in [0.15, 0.2) is 23.3 Å². The predicted molar refractivity (Wildman–Crippen MR) is 64.2 cm³/mol. The summed E-state index contributed by atoms with van der Waals surface area (Å²) < 4.78 is 75.6. The fourth-order valence-corrected chi connectivity index (χ4v) is 2.30. The number of nitrogens with one attached hydrogen (secondary N) is 1. The van der Waals surface area contributed by atoms with E-state index in [9.17, 15) is 26.7 Å². The predicted octanol–water partition coefficient (Wildman–Crippen LogP) is 2.02.